The second kappa shape index (κ2) is 13.8. The lowest BCUT2D eigenvalue weighted by molar-refractivity contribution is -0.118. The predicted octanol–water partition coefficient (Wildman–Crippen LogP) is 4.66. The van der Waals surface area contributed by atoms with Crippen molar-refractivity contribution < 1.29 is 18.7 Å². The number of aryl methyl sites for hydroxylation is 1. The van der Waals surface area contributed by atoms with E-state index in [0.717, 1.165) is 36.6 Å². The van der Waals surface area contributed by atoms with Gasteiger partial charge in [-0.3, -0.25) is 4.79 Å². The van der Waals surface area contributed by atoms with Crippen LogP contribution in [-0.4, -0.2) is 45.3 Å². The molecule has 1 heterocycles. The number of anilines is 1. The van der Waals surface area contributed by atoms with Gasteiger partial charge in [0.25, 0.3) is 0 Å². The maximum Gasteiger partial charge on any atom is 0.242 e. The molecular weight excluding hydrogens is 500 g/mol. The summed E-state index contributed by atoms with van der Waals surface area (Å²) in [5.74, 6) is -0.815. The molecule has 4 rings (SSSR count). The number of fused-ring (bicyclic) bond motifs is 1. The van der Waals surface area contributed by atoms with Gasteiger partial charge in [0, 0.05) is 24.7 Å². The Balaban J connectivity index is 1.41. The third-order valence-electron chi connectivity index (χ3n) is 7.34. The average molecular weight is 540 g/mol. The number of nitrogens with zero attached hydrogens (tertiary/aromatic N) is 2. The number of amides is 1. The molecule has 0 saturated carbocycles. The lowest BCUT2D eigenvalue weighted by Crippen LogP contribution is -2.48. The summed E-state index contributed by atoms with van der Waals surface area (Å²) >= 11 is 0. The van der Waals surface area contributed by atoms with Gasteiger partial charge in [-0.25, -0.2) is 13.8 Å². The van der Waals surface area contributed by atoms with Crippen molar-refractivity contribution in [3.8, 4) is 5.69 Å². The van der Waals surface area contributed by atoms with E-state index in [1.165, 1.54) is 6.07 Å². The molecule has 0 saturated heterocycles. The number of aromatic nitrogens is 2. The molecule has 0 aliphatic heterocycles. The molecule has 1 aliphatic rings. The molecule has 3 atom stereocenters. The molecule has 4 N–H and O–H groups in total. The topological polar surface area (TPSA) is 91.2 Å². The van der Waals surface area contributed by atoms with E-state index in [1.807, 2.05) is 35.8 Å². The van der Waals surface area contributed by atoms with E-state index in [4.69, 9.17) is 0 Å². The number of rotatable bonds is 13. The molecule has 7 nitrogen and oxygen atoms in total. The van der Waals surface area contributed by atoms with Gasteiger partial charge in [-0.2, -0.15) is 0 Å². The Hall–Kier alpha value is -3.14. The quantitative estimate of drug-likeness (QED) is 0.254. The van der Waals surface area contributed by atoms with Crippen LogP contribution in [0, 0.1) is 11.6 Å². The van der Waals surface area contributed by atoms with E-state index >= 15 is 0 Å². The second-order valence-corrected chi connectivity index (χ2v) is 10.3. The Labute approximate surface area is 229 Å². The number of nitrogens with one attached hydrogen (secondary N) is 3. The number of hydrogen-bond donors (Lipinski definition) is 4. The zero-order chi connectivity index (χ0) is 27.8. The van der Waals surface area contributed by atoms with Crippen molar-refractivity contribution in [3.05, 3.63) is 77.2 Å². The molecule has 2 aromatic carbocycles. The highest BCUT2D eigenvalue weighted by Crippen LogP contribution is 2.26. The average Bonchev–Trinajstić information content (AvgIpc) is 3.39. The highest BCUT2D eigenvalue weighted by Gasteiger charge is 2.27. The second-order valence-electron chi connectivity index (χ2n) is 10.3. The molecule has 39 heavy (non-hydrogen) atoms. The normalized spacial score (nSPS) is 16.5. The Morgan fingerprint density at radius 3 is 2.74 bits per heavy atom. The first kappa shape index (κ1) is 28.9. The fourth-order valence-corrected chi connectivity index (χ4v) is 5.30. The van der Waals surface area contributed by atoms with Gasteiger partial charge in [-0.05, 0) is 60.9 Å². The Bertz CT molecular complexity index is 1250. The van der Waals surface area contributed by atoms with Crippen LogP contribution < -0.4 is 16.0 Å². The number of imidazole rings is 1. The van der Waals surface area contributed by atoms with Crippen molar-refractivity contribution in [1.82, 2.24) is 20.2 Å². The number of carbonyl (C=O) groups is 1. The van der Waals surface area contributed by atoms with Gasteiger partial charge in [0.05, 0.1) is 24.5 Å². The van der Waals surface area contributed by atoms with Crippen LogP contribution in [0.2, 0.25) is 0 Å². The number of halogens is 2. The molecule has 3 aromatic rings. The van der Waals surface area contributed by atoms with Crippen molar-refractivity contribution in [3.63, 3.8) is 0 Å². The largest absolute Gasteiger partial charge is 0.395 e. The summed E-state index contributed by atoms with van der Waals surface area (Å²) in [6.07, 6.45) is 8.47. The molecule has 1 unspecified atom stereocenters. The van der Waals surface area contributed by atoms with Gasteiger partial charge in [-0.15, -0.1) is 0 Å². The lowest BCUT2D eigenvalue weighted by atomic mass is 9.87. The van der Waals surface area contributed by atoms with Crippen LogP contribution in [0.1, 0.15) is 62.6 Å². The monoisotopic (exact) mass is 539 g/mol. The molecule has 1 amide bonds. The SMILES string of the molecule is CCCC(CO)NCc1ccccc1-n1cnc(NC(=O)[C@H](CCC)N[C@H]2CCc3cc(F)cc(F)c3C2)c1. The first-order valence-electron chi connectivity index (χ1n) is 13.9. The molecule has 0 bridgehead atoms. The molecule has 0 spiro atoms. The minimum Gasteiger partial charge on any atom is -0.395 e. The number of carbonyl (C=O) groups excluding carboxylic acids is 1. The summed E-state index contributed by atoms with van der Waals surface area (Å²) < 4.78 is 29.8. The van der Waals surface area contributed by atoms with Crippen LogP contribution in [0.3, 0.4) is 0 Å². The van der Waals surface area contributed by atoms with E-state index in [9.17, 15) is 18.7 Å². The van der Waals surface area contributed by atoms with Gasteiger partial charge in [0.15, 0.2) is 5.82 Å². The number of para-hydroxylation sites is 1. The summed E-state index contributed by atoms with van der Waals surface area (Å²) in [7, 11) is 0. The van der Waals surface area contributed by atoms with Crippen LogP contribution in [0.4, 0.5) is 14.6 Å². The number of aliphatic hydroxyl groups excluding tert-OH is 1. The molecule has 1 aliphatic carbocycles. The standard InChI is InChI=1S/C30H39F2N5O2/c1-3-7-24(18-38)33-16-21-9-5-6-10-28(21)37-17-29(34-19-37)36-30(39)27(8-4-2)35-23-12-11-20-13-22(31)14-26(32)25(20)15-23/h5-6,9-10,13-14,17,19,23-24,27,33,35,38H,3-4,7-8,11-12,15-16,18H2,1-2H3,(H,36,39)/t23-,24?,27-/m0/s1. The number of benzene rings is 2. The predicted molar refractivity (Wildman–Crippen MR) is 149 cm³/mol. The third-order valence-corrected chi connectivity index (χ3v) is 7.34. The van der Waals surface area contributed by atoms with Crippen molar-refractivity contribution in [2.45, 2.75) is 83.5 Å². The van der Waals surface area contributed by atoms with Crippen LogP contribution in [-0.2, 0) is 24.2 Å². The van der Waals surface area contributed by atoms with Crippen LogP contribution in [0.25, 0.3) is 5.69 Å². The maximum atomic E-state index is 14.4. The van der Waals surface area contributed by atoms with Gasteiger partial charge in [0.1, 0.15) is 18.0 Å². The smallest absolute Gasteiger partial charge is 0.242 e. The van der Waals surface area contributed by atoms with Crippen molar-refractivity contribution in [2.24, 2.45) is 0 Å². The molecular formula is C30H39F2N5O2. The van der Waals surface area contributed by atoms with Crippen molar-refractivity contribution >= 4 is 11.7 Å². The minimum absolute atomic E-state index is 0.0407. The number of hydrogen-bond acceptors (Lipinski definition) is 5. The third kappa shape index (κ3) is 7.50. The highest BCUT2D eigenvalue weighted by molar-refractivity contribution is 5.94. The van der Waals surface area contributed by atoms with Gasteiger partial charge < -0.3 is 25.6 Å². The molecule has 0 fully saturated rings. The van der Waals surface area contributed by atoms with E-state index < -0.39 is 17.7 Å². The van der Waals surface area contributed by atoms with Crippen molar-refractivity contribution in [1.29, 1.82) is 0 Å². The highest BCUT2D eigenvalue weighted by atomic mass is 19.1. The summed E-state index contributed by atoms with van der Waals surface area (Å²) in [6.45, 7) is 4.80. The maximum absolute atomic E-state index is 14.4. The first-order valence-corrected chi connectivity index (χ1v) is 13.9. The first-order chi connectivity index (χ1) is 18.9. The Morgan fingerprint density at radius 1 is 1.18 bits per heavy atom. The molecule has 0 radical (unpaired) electrons. The zero-order valence-electron chi connectivity index (χ0n) is 22.7. The van der Waals surface area contributed by atoms with Crippen molar-refractivity contribution in [2.75, 3.05) is 11.9 Å². The lowest BCUT2D eigenvalue weighted by Gasteiger charge is -2.29. The number of aliphatic hydroxyl groups is 1. The van der Waals surface area contributed by atoms with Gasteiger partial charge in [-0.1, -0.05) is 44.9 Å². The zero-order valence-corrected chi connectivity index (χ0v) is 22.7. The Morgan fingerprint density at radius 2 is 1.97 bits per heavy atom. The summed E-state index contributed by atoms with van der Waals surface area (Å²) in [5.41, 5.74) is 3.23. The van der Waals surface area contributed by atoms with Crippen LogP contribution in [0.5, 0.6) is 0 Å². The van der Waals surface area contributed by atoms with E-state index in [-0.39, 0.29) is 24.6 Å². The molecule has 210 valence electrons. The van der Waals surface area contributed by atoms with E-state index in [2.05, 4.69) is 27.9 Å². The molecule has 9 heteroatoms. The summed E-state index contributed by atoms with van der Waals surface area (Å²) in [5, 5.41) is 19.4. The van der Waals surface area contributed by atoms with E-state index in [1.54, 1.807) is 12.5 Å². The minimum atomic E-state index is -0.551. The fourth-order valence-electron chi connectivity index (χ4n) is 5.30. The molecule has 1 aromatic heterocycles. The summed E-state index contributed by atoms with van der Waals surface area (Å²) in [6, 6.07) is 9.79. The van der Waals surface area contributed by atoms with E-state index in [0.29, 0.717) is 49.2 Å². The van der Waals surface area contributed by atoms with Crippen LogP contribution in [0.15, 0.2) is 48.9 Å². The Kier molecular flexibility index (Phi) is 10.2. The van der Waals surface area contributed by atoms with Gasteiger partial charge in [0.2, 0.25) is 5.91 Å². The van der Waals surface area contributed by atoms with Crippen LogP contribution >= 0.6 is 0 Å². The van der Waals surface area contributed by atoms with Gasteiger partial charge >= 0.3 is 0 Å². The fraction of sp³-hybridized carbons (Fsp3) is 0.467. The summed E-state index contributed by atoms with van der Waals surface area (Å²) in [4.78, 5) is 17.6.